The topological polar surface area (TPSA) is 43.9 Å². The Balaban J connectivity index is 1.38. The van der Waals surface area contributed by atoms with Gasteiger partial charge in [-0.05, 0) is 75.9 Å². The lowest BCUT2D eigenvalue weighted by Gasteiger charge is -2.34. The fourth-order valence-electron chi connectivity index (χ4n) is 5.25. The van der Waals surface area contributed by atoms with Crippen molar-refractivity contribution in [3.8, 4) is 0 Å². The van der Waals surface area contributed by atoms with Crippen molar-refractivity contribution in [3.63, 3.8) is 0 Å². The largest absolute Gasteiger partial charge is 0.302 e. The molecule has 0 unspecified atom stereocenters. The quantitative estimate of drug-likeness (QED) is 0.725. The second-order valence-electron chi connectivity index (χ2n) is 8.76. The number of hydrogen-bond donors (Lipinski definition) is 0. The van der Waals surface area contributed by atoms with Crippen molar-refractivity contribution in [1.82, 2.24) is 9.80 Å². The third-order valence-electron chi connectivity index (χ3n) is 7.02. The number of sulfonamides is 1. The maximum absolute atomic E-state index is 12.8. The van der Waals surface area contributed by atoms with Crippen LogP contribution in [0.5, 0.6) is 0 Å². The van der Waals surface area contributed by atoms with E-state index in [1.165, 1.54) is 67.8 Å². The van der Waals surface area contributed by atoms with E-state index < -0.39 is 10.0 Å². The second kappa shape index (κ2) is 8.72. The van der Waals surface area contributed by atoms with Crippen LogP contribution in [0.1, 0.15) is 63.0 Å². The van der Waals surface area contributed by atoms with Crippen LogP contribution in [0.25, 0.3) is 0 Å². The van der Waals surface area contributed by atoms with Gasteiger partial charge < -0.3 is 4.90 Å². The van der Waals surface area contributed by atoms with Gasteiger partial charge in [0.1, 0.15) is 0 Å². The van der Waals surface area contributed by atoms with Crippen LogP contribution >= 0.6 is 0 Å². The summed E-state index contributed by atoms with van der Waals surface area (Å²) < 4.78 is 27.1. The van der Waals surface area contributed by atoms with E-state index in [2.05, 4.69) is 21.9 Å². The highest BCUT2D eigenvalue weighted by atomic mass is 32.2. The molecule has 1 aromatic rings. The first-order chi connectivity index (χ1) is 13.5. The van der Waals surface area contributed by atoms with Gasteiger partial charge in [-0.2, -0.15) is 0 Å². The van der Waals surface area contributed by atoms with Gasteiger partial charge >= 0.3 is 0 Å². The normalized spacial score (nSPS) is 26.9. The van der Waals surface area contributed by atoms with Gasteiger partial charge in [-0.1, -0.05) is 25.0 Å². The Hall–Kier alpha value is -1.11. The molecule has 0 saturated carbocycles. The molecule has 0 aromatic heterocycles. The fourth-order valence-corrected chi connectivity index (χ4v) is 6.45. The van der Waals surface area contributed by atoms with Crippen molar-refractivity contribution < 1.29 is 8.42 Å². The van der Waals surface area contributed by atoms with Crippen LogP contribution in [0.3, 0.4) is 0 Å². The van der Waals surface area contributed by atoms with Gasteiger partial charge in [0.2, 0.25) is 10.0 Å². The number of nitrogens with zero attached hydrogens (tertiary/aromatic N) is 3. The lowest BCUT2D eigenvalue weighted by Crippen LogP contribution is -2.38. The number of likely N-dealkylation sites (tertiary alicyclic amines) is 1. The van der Waals surface area contributed by atoms with E-state index in [1.54, 1.807) is 7.05 Å². The van der Waals surface area contributed by atoms with Gasteiger partial charge in [-0.3, -0.25) is 9.21 Å². The summed E-state index contributed by atoms with van der Waals surface area (Å²) in [4.78, 5) is 4.96. The van der Waals surface area contributed by atoms with Crippen molar-refractivity contribution >= 4 is 15.7 Å². The number of piperidine rings is 2. The zero-order valence-electron chi connectivity index (χ0n) is 17.2. The van der Waals surface area contributed by atoms with Crippen molar-refractivity contribution in [2.45, 2.75) is 63.5 Å². The Labute approximate surface area is 170 Å². The zero-order valence-corrected chi connectivity index (χ0v) is 18.0. The van der Waals surface area contributed by atoms with Crippen molar-refractivity contribution in [3.05, 3.63) is 29.8 Å². The monoisotopic (exact) mass is 405 g/mol. The molecule has 0 aliphatic carbocycles. The molecule has 0 radical (unpaired) electrons. The highest BCUT2D eigenvalue weighted by Crippen LogP contribution is 2.40. The van der Waals surface area contributed by atoms with Crippen LogP contribution in [0.15, 0.2) is 24.3 Å². The van der Waals surface area contributed by atoms with E-state index in [9.17, 15) is 8.42 Å². The molecule has 3 heterocycles. The number of rotatable bonds is 6. The summed E-state index contributed by atoms with van der Waals surface area (Å²) in [5.41, 5.74) is 2.11. The third-order valence-corrected chi connectivity index (χ3v) is 8.76. The van der Waals surface area contributed by atoms with Gasteiger partial charge in [0.05, 0.1) is 11.4 Å². The summed E-state index contributed by atoms with van der Waals surface area (Å²) in [7, 11) is -1.59. The molecule has 0 bridgehead atoms. The summed E-state index contributed by atoms with van der Waals surface area (Å²) in [6.45, 7) is 3.92. The lowest BCUT2D eigenvalue weighted by molar-refractivity contribution is 0.150. The molecule has 0 spiro atoms. The highest BCUT2D eigenvalue weighted by Gasteiger charge is 2.35. The third kappa shape index (κ3) is 4.39. The molecular weight excluding hydrogens is 370 g/mol. The Morgan fingerprint density at radius 1 is 0.929 bits per heavy atom. The van der Waals surface area contributed by atoms with E-state index in [0.29, 0.717) is 12.6 Å². The molecule has 5 nitrogen and oxygen atoms in total. The van der Waals surface area contributed by atoms with Gasteiger partial charge in [-0.25, -0.2) is 8.42 Å². The number of benzene rings is 1. The molecule has 0 amide bonds. The predicted octanol–water partition coefficient (Wildman–Crippen LogP) is 3.63. The Bertz CT molecular complexity index is 744. The van der Waals surface area contributed by atoms with Gasteiger partial charge in [0.25, 0.3) is 0 Å². The van der Waals surface area contributed by atoms with E-state index in [0.717, 1.165) is 24.8 Å². The van der Waals surface area contributed by atoms with E-state index >= 15 is 0 Å². The van der Waals surface area contributed by atoms with Crippen molar-refractivity contribution in [1.29, 1.82) is 0 Å². The highest BCUT2D eigenvalue weighted by molar-refractivity contribution is 7.92. The molecule has 156 valence electrons. The maximum atomic E-state index is 12.8. The van der Waals surface area contributed by atoms with Crippen LogP contribution in [0.2, 0.25) is 0 Å². The standard InChI is InChI=1S/C22H35N3O2S/c1-23(28(26,27)18-17-24-14-4-2-5-15-24)20-10-8-19(9-11-20)22-13-12-21-7-3-6-16-25(21)22/h8-11,21-22H,2-7,12-18H2,1H3/t21-,22-/m1/s1. The number of hydrogen-bond acceptors (Lipinski definition) is 4. The SMILES string of the molecule is CN(c1ccc([C@H]2CC[C@H]3CCCCN32)cc1)S(=O)(=O)CCN1CCCCC1. The minimum Gasteiger partial charge on any atom is -0.302 e. The van der Waals surface area contributed by atoms with Crippen LogP contribution < -0.4 is 4.31 Å². The predicted molar refractivity (Wildman–Crippen MR) is 115 cm³/mol. The first-order valence-electron chi connectivity index (χ1n) is 11.1. The van der Waals surface area contributed by atoms with E-state index in [-0.39, 0.29) is 5.75 Å². The van der Waals surface area contributed by atoms with Gasteiger partial charge in [-0.15, -0.1) is 0 Å². The number of fused-ring (bicyclic) bond motifs is 1. The molecule has 6 heteroatoms. The molecule has 4 rings (SSSR count). The van der Waals surface area contributed by atoms with Gasteiger partial charge in [0.15, 0.2) is 0 Å². The molecule has 3 saturated heterocycles. The van der Waals surface area contributed by atoms with E-state index in [4.69, 9.17) is 0 Å². The summed E-state index contributed by atoms with van der Waals surface area (Å²) in [6, 6.07) is 9.55. The molecule has 3 aliphatic rings. The zero-order chi connectivity index (χ0) is 19.6. The first kappa shape index (κ1) is 20.2. The molecule has 0 N–H and O–H groups in total. The average Bonchev–Trinajstić information content (AvgIpc) is 3.17. The van der Waals surface area contributed by atoms with Gasteiger partial charge in [0, 0.05) is 25.7 Å². The first-order valence-corrected chi connectivity index (χ1v) is 12.7. The summed E-state index contributed by atoms with van der Waals surface area (Å²) >= 11 is 0. The van der Waals surface area contributed by atoms with Crippen LogP contribution in [-0.2, 0) is 10.0 Å². The average molecular weight is 406 g/mol. The molecule has 3 aliphatic heterocycles. The Morgan fingerprint density at radius 2 is 1.64 bits per heavy atom. The summed E-state index contributed by atoms with van der Waals surface area (Å²) in [5, 5.41) is 0. The van der Waals surface area contributed by atoms with Crippen molar-refractivity contribution in [2.24, 2.45) is 0 Å². The number of anilines is 1. The minimum absolute atomic E-state index is 0.198. The van der Waals surface area contributed by atoms with Crippen LogP contribution in [0, 0.1) is 0 Å². The second-order valence-corrected chi connectivity index (χ2v) is 10.9. The fraction of sp³-hybridized carbons (Fsp3) is 0.727. The van der Waals surface area contributed by atoms with E-state index in [1.807, 2.05) is 12.1 Å². The van der Waals surface area contributed by atoms with Crippen molar-refractivity contribution in [2.75, 3.05) is 43.3 Å². The Morgan fingerprint density at radius 3 is 2.39 bits per heavy atom. The molecular formula is C22H35N3O2S. The molecule has 3 fully saturated rings. The van der Waals surface area contributed by atoms with Crippen LogP contribution in [0.4, 0.5) is 5.69 Å². The molecule has 2 atom stereocenters. The maximum Gasteiger partial charge on any atom is 0.236 e. The summed E-state index contributed by atoms with van der Waals surface area (Å²) in [5.74, 6) is 0.198. The molecule has 1 aromatic carbocycles. The Kier molecular flexibility index (Phi) is 6.28. The van der Waals surface area contributed by atoms with Crippen LogP contribution in [-0.4, -0.2) is 63.2 Å². The smallest absolute Gasteiger partial charge is 0.236 e. The lowest BCUT2D eigenvalue weighted by atomic mass is 10.0. The molecule has 28 heavy (non-hydrogen) atoms. The minimum atomic E-state index is -3.28. The summed E-state index contributed by atoms with van der Waals surface area (Å²) in [6.07, 6.45) is 10.2.